The van der Waals surface area contributed by atoms with E-state index in [1.165, 1.54) is 4.72 Å². The number of hydrogen-bond donors (Lipinski definition) is 1. The van der Waals surface area contributed by atoms with Crippen LogP contribution in [0.5, 0.6) is 0 Å². The molecule has 2 unspecified atom stereocenters. The molecule has 8 nitrogen and oxygen atoms in total. The smallest absolute Gasteiger partial charge is 0.455 e. The largest absolute Gasteiger partial charge is 0.755 e. The van der Waals surface area contributed by atoms with E-state index in [-0.39, 0.29) is 13.1 Å². The summed E-state index contributed by atoms with van der Waals surface area (Å²) in [4.78, 5) is 10.8. The van der Waals surface area contributed by atoms with Gasteiger partial charge in [-0.25, -0.2) is 9.52 Å². The normalized spacial score (nSPS) is 30.2. The Morgan fingerprint density at radius 1 is 1.67 bits per heavy atom. The van der Waals surface area contributed by atoms with Gasteiger partial charge < -0.3 is 9.76 Å². The van der Waals surface area contributed by atoms with Crippen molar-refractivity contribution in [2.45, 2.75) is 0 Å². The molecule has 1 heterocycles. The molecule has 0 saturated heterocycles. The molecule has 1 aliphatic heterocycles. The maximum atomic E-state index is 11.1. The van der Waals surface area contributed by atoms with E-state index in [1.54, 1.807) is 0 Å². The predicted molar refractivity (Wildman–Crippen MR) is 35.7 cm³/mol. The van der Waals surface area contributed by atoms with Crippen molar-refractivity contribution in [1.82, 2.24) is 4.72 Å². The number of hydrogen-bond acceptors (Lipinski definition) is 6. The molecule has 0 aromatic heterocycles. The predicted octanol–water partition coefficient (Wildman–Crippen LogP) is -0.814. The van der Waals surface area contributed by atoms with Gasteiger partial charge in [0.15, 0.2) is 0 Å². The standard InChI is InChI=1S/C3H6N4O4S/c8-3(5-12(10)11)7(9)2-1-4-6-7/h1-2H2,(H,5,8)(H,10,11)/p-1. The van der Waals surface area contributed by atoms with Crippen LogP contribution in [-0.4, -0.2) is 32.6 Å². The first-order valence-corrected chi connectivity index (χ1v) is 4.01. The van der Waals surface area contributed by atoms with Gasteiger partial charge in [0, 0.05) is 5.22 Å². The molecule has 0 radical (unpaired) electrons. The number of rotatable bonds is 1. The molecule has 0 aromatic rings. The Kier molecular flexibility index (Phi) is 2.47. The number of carbonyl (C=O) groups is 1. The first kappa shape index (κ1) is 9.19. The van der Waals surface area contributed by atoms with Gasteiger partial charge in [-0.05, 0) is 0 Å². The molecule has 0 aliphatic carbocycles. The molecular weight excluding hydrogens is 188 g/mol. The molecule has 0 saturated carbocycles. The van der Waals surface area contributed by atoms with E-state index in [0.29, 0.717) is 0 Å². The van der Waals surface area contributed by atoms with Gasteiger partial charge in [0.1, 0.15) is 13.1 Å². The van der Waals surface area contributed by atoms with Crippen molar-refractivity contribution in [3.8, 4) is 0 Å². The van der Waals surface area contributed by atoms with Gasteiger partial charge in [0.05, 0.1) is 11.3 Å². The number of nitrogens with zero attached hydrogens (tertiary/aromatic N) is 3. The van der Waals surface area contributed by atoms with Crippen molar-refractivity contribution >= 4 is 17.3 Å². The zero-order valence-electron chi connectivity index (χ0n) is 5.80. The van der Waals surface area contributed by atoms with Crippen LogP contribution in [-0.2, 0) is 11.3 Å². The summed E-state index contributed by atoms with van der Waals surface area (Å²) in [6, 6.07) is -1.25. The number of nitrogens with one attached hydrogen (secondary N) is 1. The Hall–Kier alpha value is -0.900. The molecule has 2 amide bonds. The minimum Gasteiger partial charge on any atom is -0.755 e. The molecule has 68 valence electrons. The average molecular weight is 193 g/mol. The molecule has 2 atom stereocenters. The summed E-state index contributed by atoms with van der Waals surface area (Å²) in [7, 11) is 0. The second kappa shape index (κ2) is 3.23. The third-order valence-corrected chi connectivity index (χ3v) is 1.54. The van der Waals surface area contributed by atoms with E-state index in [4.69, 9.17) is 0 Å². The summed E-state index contributed by atoms with van der Waals surface area (Å²) >= 11 is -2.78. The van der Waals surface area contributed by atoms with Gasteiger partial charge in [-0.2, -0.15) is 0 Å². The minimum atomic E-state index is -2.78. The molecule has 0 bridgehead atoms. The number of quaternary nitrogens is 1. The van der Waals surface area contributed by atoms with E-state index < -0.39 is 22.1 Å². The van der Waals surface area contributed by atoms with Crippen LogP contribution in [0.15, 0.2) is 10.3 Å². The van der Waals surface area contributed by atoms with Crippen LogP contribution in [0.2, 0.25) is 0 Å². The lowest BCUT2D eigenvalue weighted by Crippen LogP contribution is -2.48. The summed E-state index contributed by atoms with van der Waals surface area (Å²) in [6.07, 6.45) is 0. The van der Waals surface area contributed by atoms with Crippen molar-refractivity contribution in [3.63, 3.8) is 0 Å². The van der Waals surface area contributed by atoms with Crippen LogP contribution in [0.25, 0.3) is 0 Å². The first-order valence-electron chi connectivity index (χ1n) is 2.93. The maximum absolute atomic E-state index is 11.1. The van der Waals surface area contributed by atoms with E-state index in [2.05, 4.69) is 10.3 Å². The highest BCUT2D eigenvalue weighted by Crippen LogP contribution is 2.12. The Labute approximate surface area is 69.8 Å². The second-order valence-electron chi connectivity index (χ2n) is 2.02. The van der Waals surface area contributed by atoms with Crippen LogP contribution in [0, 0.1) is 5.21 Å². The minimum absolute atomic E-state index is 0.127. The molecular formula is C3H5N4O4S-. The number of carbonyl (C=O) groups excluding carboxylic acids is 1. The lowest BCUT2D eigenvalue weighted by Gasteiger charge is -2.26. The topological polar surface area (TPSA) is 117 Å². The van der Waals surface area contributed by atoms with Gasteiger partial charge in [-0.1, -0.05) is 0 Å². The molecule has 0 aromatic carbocycles. The SMILES string of the molecule is O=C(NS(=O)[O-])[N+]1([O-])CCN=N1. The van der Waals surface area contributed by atoms with Crippen LogP contribution < -0.4 is 4.72 Å². The Morgan fingerprint density at radius 3 is 2.75 bits per heavy atom. The number of urea groups is 1. The summed E-state index contributed by atoms with van der Waals surface area (Å²) in [5.41, 5.74) is 0. The van der Waals surface area contributed by atoms with Crippen LogP contribution >= 0.6 is 0 Å². The van der Waals surface area contributed by atoms with Gasteiger partial charge in [0.25, 0.3) is 0 Å². The van der Waals surface area contributed by atoms with Gasteiger partial charge in [-0.15, -0.1) is 9.87 Å². The van der Waals surface area contributed by atoms with Crippen molar-refractivity contribution in [1.29, 1.82) is 0 Å². The second-order valence-corrected chi connectivity index (χ2v) is 2.70. The van der Waals surface area contributed by atoms with Crippen LogP contribution in [0.3, 0.4) is 0 Å². The first-order chi connectivity index (χ1) is 5.54. The van der Waals surface area contributed by atoms with Crippen LogP contribution in [0.4, 0.5) is 4.79 Å². The summed E-state index contributed by atoms with van der Waals surface area (Å²) in [6.45, 7) is -0.0363. The number of amides is 2. The maximum Gasteiger partial charge on any atom is 0.455 e. The monoisotopic (exact) mass is 193 g/mol. The Morgan fingerprint density at radius 2 is 2.33 bits per heavy atom. The zero-order chi connectivity index (χ0) is 9.19. The molecule has 12 heavy (non-hydrogen) atoms. The zero-order valence-corrected chi connectivity index (χ0v) is 6.61. The fraction of sp³-hybridized carbons (Fsp3) is 0.667. The number of hydroxylamine groups is 2. The van der Waals surface area contributed by atoms with Gasteiger partial charge >= 0.3 is 6.03 Å². The fourth-order valence-corrected chi connectivity index (χ4v) is 0.942. The highest BCUT2D eigenvalue weighted by atomic mass is 32.2. The van der Waals surface area contributed by atoms with Crippen LogP contribution in [0.1, 0.15) is 0 Å². The lowest BCUT2D eigenvalue weighted by molar-refractivity contribution is -0.799. The summed E-state index contributed by atoms with van der Waals surface area (Å²) < 4.78 is 19.7. The molecule has 0 spiro atoms. The molecule has 0 fully saturated rings. The molecule has 9 heteroatoms. The highest BCUT2D eigenvalue weighted by Gasteiger charge is 2.32. The third-order valence-electron chi connectivity index (χ3n) is 1.20. The van der Waals surface area contributed by atoms with E-state index in [1.807, 2.05) is 0 Å². The average Bonchev–Trinajstić information content (AvgIpc) is 2.36. The van der Waals surface area contributed by atoms with Crippen molar-refractivity contribution in [2.24, 2.45) is 10.3 Å². The molecule has 1 rings (SSSR count). The summed E-state index contributed by atoms with van der Waals surface area (Å²) in [5, 5.41) is 17.5. The van der Waals surface area contributed by atoms with Gasteiger partial charge in [-0.3, -0.25) is 4.21 Å². The van der Waals surface area contributed by atoms with Gasteiger partial charge in [0.2, 0.25) is 0 Å². The van der Waals surface area contributed by atoms with E-state index in [0.717, 1.165) is 0 Å². The molecule has 1 aliphatic rings. The quantitative estimate of drug-likeness (QED) is 0.332. The Balaban J connectivity index is 2.63. The fourth-order valence-electron chi connectivity index (χ4n) is 0.657. The van der Waals surface area contributed by atoms with Crippen molar-refractivity contribution in [2.75, 3.05) is 13.1 Å². The lowest BCUT2D eigenvalue weighted by atomic mass is 10.6. The Bertz CT molecular complexity index is 255. The third kappa shape index (κ3) is 1.82. The highest BCUT2D eigenvalue weighted by molar-refractivity contribution is 7.77. The van der Waals surface area contributed by atoms with Crippen molar-refractivity contribution in [3.05, 3.63) is 5.21 Å². The van der Waals surface area contributed by atoms with E-state index in [9.17, 15) is 18.8 Å². The van der Waals surface area contributed by atoms with Crippen molar-refractivity contribution < 1.29 is 18.3 Å². The summed E-state index contributed by atoms with van der Waals surface area (Å²) in [5.74, 6) is 0. The van der Waals surface area contributed by atoms with E-state index >= 15 is 0 Å². The molecule has 1 N–H and O–H groups in total.